The van der Waals surface area contributed by atoms with Crippen molar-refractivity contribution in [1.82, 2.24) is 0 Å². The molecule has 1 aromatic carbocycles. The van der Waals surface area contributed by atoms with E-state index < -0.39 is 0 Å². The molecule has 0 bridgehead atoms. The monoisotopic (exact) mass is 241 g/mol. The molecule has 0 aliphatic rings. The molecule has 0 radical (unpaired) electrons. The van der Waals surface area contributed by atoms with Gasteiger partial charge in [-0.1, -0.05) is 37.6 Å². The van der Waals surface area contributed by atoms with Gasteiger partial charge in [-0.15, -0.1) is 0 Å². The van der Waals surface area contributed by atoms with Crippen LogP contribution in [0.1, 0.15) is 32.3 Å². The topological polar surface area (TPSA) is 46.2 Å². The second kappa shape index (κ2) is 5.67. The van der Waals surface area contributed by atoms with E-state index in [9.17, 15) is 5.11 Å². The summed E-state index contributed by atoms with van der Waals surface area (Å²) in [5.74, 6) is 0. The van der Waals surface area contributed by atoms with E-state index in [1.165, 1.54) is 0 Å². The second-order valence-corrected chi connectivity index (χ2v) is 4.85. The van der Waals surface area contributed by atoms with Gasteiger partial charge in [-0.25, -0.2) is 0 Å². The normalized spacial score (nSPS) is 16.8. The SMILES string of the molecule is CCC(N)C(C)(CCO)c1ccc(Cl)cc1. The lowest BCUT2D eigenvalue weighted by atomic mass is 9.73. The van der Waals surface area contributed by atoms with Crippen molar-refractivity contribution in [3.8, 4) is 0 Å². The molecule has 16 heavy (non-hydrogen) atoms. The number of rotatable bonds is 5. The zero-order chi connectivity index (χ0) is 12.2. The Kier molecular flexibility index (Phi) is 4.78. The molecule has 90 valence electrons. The van der Waals surface area contributed by atoms with Crippen LogP contribution in [-0.4, -0.2) is 17.8 Å². The number of nitrogens with two attached hydrogens (primary N) is 1. The number of benzene rings is 1. The van der Waals surface area contributed by atoms with E-state index in [-0.39, 0.29) is 18.1 Å². The Hall–Kier alpha value is -0.570. The van der Waals surface area contributed by atoms with E-state index in [1.807, 2.05) is 24.3 Å². The Morgan fingerprint density at radius 3 is 2.38 bits per heavy atom. The van der Waals surface area contributed by atoms with E-state index in [4.69, 9.17) is 17.3 Å². The molecule has 0 aliphatic carbocycles. The largest absolute Gasteiger partial charge is 0.396 e. The van der Waals surface area contributed by atoms with Gasteiger partial charge in [0.25, 0.3) is 0 Å². The van der Waals surface area contributed by atoms with E-state index in [1.54, 1.807) is 0 Å². The van der Waals surface area contributed by atoms with E-state index in [2.05, 4.69) is 13.8 Å². The third-order valence-corrected chi connectivity index (χ3v) is 3.65. The predicted molar refractivity (Wildman–Crippen MR) is 68.8 cm³/mol. The van der Waals surface area contributed by atoms with Gasteiger partial charge in [-0.2, -0.15) is 0 Å². The number of hydrogen-bond acceptors (Lipinski definition) is 2. The summed E-state index contributed by atoms with van der Waals surface area (Å²) < 4.78 is 0. The standard InChI is InChI=1S/C13H20ClNO/c1-3-12(15)13(2,8-9-16)10-4-6-11(14)7-5-10/h4-7,12,16H,3,8-9,15H2,1-2H3. The highest BCUT2D eigenvalue weighted by Gasteiger charge is 2.31. The minimum atomic E-state index is -0.186. The van der Waals surface area contributed by atoms with Crippen LogP contribution in [-0.2, 0) is 5.41 Å². The summed E-state index contributed by atoms with van der Waals surface area (Å²) in [5, 5.41) is 9.90. The van der Waals surface area contributed by atoms with Gasteiger partial charge in [0.2, 0.25) is 0 Å². The van der Waals surface area contributed by atoms with Crippen LogP contribution >= 0.6 is 11.6 Å². The van der Waals surface area contributed by atoms with Gasteiger partial charge < -0.3 is 10.8 Å². The zero-order valence-corrected chi connectivity index (χ0v) is 10.7. The quantitative estimate of drug-likeness (QED) is 0.833. The number of aliphatic hydroxyl groups is 1. The van der Waals surface area contributed by atoms with Crippen LogP contribution in [0.25, 0.3) is 0 Å². The van der Waals surface area contributed by atoms with Crippen LogP contribution in [0.5, 0.6) is 0 Å². The van der Waals surface area contributed by atoms with Gasteiger partial charge in [0.1, 0.15) is 0 Å². The first-order valence-corrected chi connectivity index (χ1v) is 6.05. The highest BCUT2D eigenvalue weighted by Crippen LogP contribution is 2.32. The van der Waals surface area contributed by atoms with Crippen LogP contribution in [0.15, 0.2) is 24.3 Å². The van der Waals surface area contributed by atoms with Crippen molar-refractivity contribution in [3.63, 3.8) is 0 Å². The van der Waals surface area contributed by atoms with E-state index in [0.717, 1.165) is 17.0 Å². The summed E-state index contributed by atoms with van der Waals surface area (Å²) in [4.78, 5) is 0. The molecule has 0 aliphatic heterocycles. The fourth-order valence-electron chi connectivity index (χ4n) is 2.06. The molecule has 0 saturated heterocycles. The molecule has 0 spiro atoms. The fourth-order valence-corrected chi connectivity index (χ4v) is 2.18. The molecule has 2 nitrogen and oxygen atoms in total. The molecule has 0 aromatic heterocycles. The smallest absolute Gasteiger partial charge is 0.0440 e. The van der Waals surface area contributed by atoms with Crippen LogP contribution in [0.4, 0.5) is 0 Å². The van der Waals surface area contributed by atoms with Crippen LogP contribution in [0.2, 0.25) is 5.02 Å². The Morgan fingerprint density at radius 1 is 1.38 bits per heavy atom. The van der Waals surface area contributed by atoms with Crippen molar-refractivity contribution >= 4 is 11.6 Å². The Bertz CT molecular complexity index is 325. The Balaban J connectivity index is 3.05. The third-order valence-electron chi connectivity index (χ3n) is 3.39. The predicted octanol–water partition coefficient (Wildman–Crippen LogP) is 2.72. The van der Waals surface area contributed by atoms with Crippen molar-refractivity contribution in [1.29, 1.82) is 0 Å². The van der Waals surface area contributed by atoms with Crippen LogP contribution < -0.4 is 5.73 Å². The van der Waals surface area contributed by atoms with Crippen molar-refractivity contribution < 1.29 is 5.11 Å². The summed E-state index contributed by atoms with van der Waals surface area (Å²) >= 11 is 5.87. The van der Waals surface area contributed by atoms with Gasteiger partial charge in [-0.3, -0.25) is 0 Å². The van der Waals surface area contributed by atoms with Crippen molar-refractivity contribution in [2.75, 3.05) is 6.61 Å². The lowest BCUT2D eigenvalue weighted by Crippen LogP contribution is -2.43. The van der Waals surface area contributed by atoms with Crippen LogP contribution in [0, 0.1) is 0 Å². The van der Waals surface area contributed by atoms with Gasteiger partial charge in [0, 0.05) is 23.1 Å². The minimum Gasteiger partial charge on any atom is -0.396 e. The zero-order valence-electron chi connectivity index (χ0n) is 9.91. The van der Waals surface area contributed by atoms with Crippen molar-refractivity contribution in [3.05, 3.63) is 34.9 Å². The fraction of sp³-hybridized carbons (Fsp3) is 0.538. The highest BCUT2D eigenvalue weighted by atomic mass is 35.5. The van der Waals surface area contributed by atoms with Gasteiger partial charge in [0.15, 0.2) is 0 Å². The second-order valence-electron chi connectivity index (χ2n) is 4.41. The molecule has 2 unspecified atom stereocenters. The molecule has 2 atom stereocenters. The molecule has 3 heteroatoms. The average Bonchev–Trinajstić information content (AvgIpc) is 2.29. The highest BCUT2D eigenvalue weighted by molar-refractivity contribution is 6.30. The number of aliphatic hydroxyl groups excluding tert-OH is 1. The lowest BCUT2D eigenvalue weighted by Gasteiger charge is -2.35. The first-order valence-electron chi connectivity index (χ1n) is 5.67. The maximum atomic E-state index is 9.18. The van der Waals surface area contributed by atoms with Gasteiger partial charge >= 0.3 is 0 Å². The van der Waals surface area contributed by atoms with E-state index >= 15 is 0 Å². The molecule has 0 heterocycles. The van der Waals surface area contributed by atoms with E-state index in [0.29, 0.717) is 6.42 Å². The average molecular weight is 242 g/mol. The summed E-state index contributed by atoms with van der Waals surface area (Å²) in [6, 6.07) is 7.77. The number of halogens is 1. The maximum Gasteiger partial charge on any atom is 0.0440 e. The van der Waals surface area contributed by atoms with Crippen molar-refractivity contribution in [2.24, 2.45) is 5.73 Å². The Labute approximate surface area is 102 Å². The molecular formula is C13H20ClNO. The summed E-state index contributed by atoms with van der Waals surface area (Å²) in [7, 11) is 0. The van der Waals surface area contributed by atoms with Gasteiger partial charge in [0.05, 0.1) is 0 Å². The lowest BCUT2D eigenvalue weighted by molar-refractivity contribution is 0.223. The first-order chi connectivity index (χ1) is 7.54. The van der Waals surface area contributed by atoms with Gasteiger partial charge in [-0.05, 0) is 30.5 Å². The molecule has 1 rings (SSSR count). The molecule has 3 N–H and O–H groups in total. The van der Waals surface area contributed by atoms with Crippen LogP contribution in [0.3, 0.4) is 0 Å². The maximum absolute atomic E-state index is 9.18. The summed E-state index contributed by atoms with van der Waals surface area (Å²) in [6.45, 7) is 4.31. The third kappa shape index (κ3) is 2.76. The molecule has 1 aromatic rings. The molecule has 0 fully saturated rings. The Morgan fingerprint density at radius 2 is 1.94 bits per heavy atom. The molecule has 0 amide bonds. The number of hydrogen-bond donors (Lipinski definition) is 2. The summed E-state index contributed by atoms with van der Waals surface area (Å²) in [6.07, 6.45) is 1.56. The molecular weight excluding hydrogens is 222 g/mol. The molecule has 0 saturated carbocycles. The van der Waals surface area contributed by atoms with Crippen molar-refractivity contribution in [2.45, 2.75) is 38.1 Å². The summed E-state index contributed by atoms with van der Waals surface area (Å²) in [5.41, 5.74) is 7.12. The minimum absolute atomic E-state index is 0.0424. The first kappa shape index (κ1) is 13.5.